The molecule has 0 aliphatic rings. The number of rotatable bonds is 3. The van der Waals surface area contributed by atoms with Crippen molar-refractivity contribution in [2.45, 2.75) is 20.4 Å². The first-order chi connectivity index (χ1) is 10.4. The number of halogens is 2. The summed E-state index contributed by atoms with van der Waals surface area (Å²) < 4.78 is 1.83. The van der Waals surface area contributed by atoms with Crippen LogP contribution in [0, 0.1) is 13.8 Å². The van der Waals surface area contributed by atoms with E-state index in [1.807, 2.05) is 24.4 Å². The Bertz CT molecular complexity index is 849. The lowest BCUT2D eigenvalue weighted by Gasteiger charge is -2.06. The predicted molar refractivity (Wildman–Crippen MR) is 90.2 cm³/mol. The average Bonchev–Trinajstić information content (AvgIpc) is 2.89. The van der Waals surface area contributed by atoms with Gasteiger partial charge in [-0.2, -0.15) is 0 Å². The predicted octanol–water partition coefficient (Wildman–Crippen LogP) is 4.25. The first-order valence-corrected chi connectivity index (χ1v) is 8.19. The monoisotopic (exact) mass is 353 g/mol. The minimum Gasteiger partial charge on any atom is -0.347 e. The van der Waals surface area contributed by atoms with Gasteiger partial charge in [0.25, 0.3) is 5.91 Å². The van der Waals surface area contributed by atoms with Crippen molar-refractivity contribution in [3.63, 3.8) is 0 Å². The van der Waals surface area contributed by atoms with Gasteiger partial charge in [0.1, 0.15) is 5.69 Å². The third-order valence-electron chi connectivity index (χ3n) is 3.21. The van der Waals surface area contributed by atoms with E-state index in [0.29, 0.717) is 28.0 Å². The number of amides is 1. The molecule has 3 rings (SSSR count). The number of carbonyl (C=O) groups excluding carboxylic acids is 1. The summed E-state index contributed by atoms with van der Waals surface area (Å²) in [4.78, 5) is 18.8. The van der Waals surface area contributed by atoms with E-state index < -0.39 is 0 Å². The van der Waals surface area contributed by atoms with Gasteiger partial charge in [0.15, 0.2) is 4.96 Å². The summed E-state index contributed by atoms with van der Waals surface area (Å²) in [5.41, 5.74) is 2.13. The maximum atomic E-state index is 12.5. The summed E-state index contributed by atoms with van der Waals surface area (Å²) in [6.07, 6.45) is 1.92. The molecular weight excluding hydrogens is 341 g/mol. The number of nitrogens with one attached hydrogen (secondary N) is 1. The van der Waals surface area contributed by atoms with E-state index in [9.17, 15) is 4.79 Å². The van der Waals surface area contributed by atoms with Crippen LogP contribution in [0.5, 0.6) is 0 Å². The van der Waals surface area contributed by atoms with Gasteiger partial charge in [-0.25, -0.2) is 4.98 Å². The number of hydrogen-bond acceptors (Lipinski definition) is 3. The molecular formula is C15H13Cl2N3OS. The number of thiazole rings is 1. The highest BCUT2D eigenvalue weighted by atomic mass is 35.5. The third-order valence-corrected chi connectivity index (χ3v) is 4.54. The van der Waals surface area contributed by atoms with Gasteiger partial charge in [0.05, 0.1) is 5.69 Å². The van der Waals surface area contributed by atoms with Crippen LogP contribution < -0.4 is 5.32 Å². The van der Waals surface area contributed by atoms with Crippen molar-refractivity contribution in [3.8, 4) is 0 Å². The van der Waals surface area contributed by atoms with Gasteiger partial charge in [-0.15, -0.1) is 11.3 Å². The minimum atomic E-state index is -0.168. The minimum absolute atomic E-state index is 0.168. The maximum absolute atomic E-state index is 12.5. The van der Waals surface area contributed by atoms with Gasteiger partial charge in [-0.3, -0.25) is 9.20 Å². The van der Waals surface area contributed by atoms with E-state index in [-0.39, 0.29) is 5.91 Å². The van der Waals surface area contributed by atoms with Gasteiger partial charge < -0.3 is 5.32 Å². The molecule has 22 heavy (non-hydrogen) atoms. The van der Waals surface area contributed by atoms with Crippen molar-refractivity contribution < 1.29 is 4.79 Å². The normalized spacial score (nSPS) is 11.1. The fourth-order valence-electron chi connectivity index (χ4n) is 2.32. The molecule has 0 saturated heterocycles. The van der Waals surface area contributed by atoms with Crippen LogP contribution in [0.2, 0.25) is 10.0 Å². The zero-order chi connectivity index (χ0) is 15.9. The summed E-state index contributed by atoms with van der Waals surface area (Å²) in [6.45, 7) is 4.18. The third kappa shape index (κ3) is 2.97. The van der Waals surface area contributed by atoms with Crippen LogP contribution >= 0.6 is 34.5 Å². The highest BCUT2D eigenvalue weighted by Crippen LogP contribution is 2.21. The van der Waals surface area contributed by atoms with Crippen LogP contribution in [0.3, 0.4) is 0 Å². The molecule has 1 N–H and O–H groups in total. The Kier molecular flexibility index (Phi) is 4.12. The van der Waals surface area contributed by atoms with Crippen LogP contribution in [0.1, 0.15) is 26.6 Å². The maximum Gasteiger partial charge on any atom is 0.270 e. The quantitative estimate of drug-likeness (QED) is 0.764. The molecule has 0 unspecified atom stereocenters. The van der Waals surface area contributed by atoms with Crippen molar-refractivity contribution in [1.29, 1.82) is 0 Å². The van der Waals surface area contributed by atoms with Crippen molar-refractivity contribution in [3.05, 3.63) is 56.3 Å². The molecule has 114 valence electrons. The molecule has 1 amide bonds. The number of imidazole rings is 1. The Morgan fingerprint density at radius 1 is 1.27 bits per heavy atom. The first kappa shape index (κ1) is 15.3. The average molecular weight is 354 g/mol. The number of aryl methyl sites for hydroxylation is 2. The number of benzene rings is 1. The molecule has 7 heteroatoms. The first-order valence-electron chi connectivity index (χ1n) is 6.62. The van der Waals surface area contributed by atoms with E-state index in [2.05, 4.69) is 10.3 Å². The lowest BCUT2D eigenvalue weighted by atomic mass is 10.2. The number of fused-ring (bicyclic) bond motifs is 1. The number of hydrogen-bond donors (Lipinski definition) is 1. The van der Waals surface area contributed by atoms with Crippen LogP contribution in [-0.4, -0.2) is 15.3 Å². The molecule has 0 spiro atoms. The number of nitrogens with zero attached hydrogens (tertiary/aromatic N) is 2. The van der Waals surface area contributed by atoms with Gasteiger partial charge in [0.2, 0.25) is 0 Å². The summed E-state index contributed by atoms with van der Waals surface area (Å²) in [5.74, 6) is -0.168. The fraction of sp³-hybridized carbons (Fsp3) is 0.200. The van der Waals surface area contributed by atoms with Crippen molar-refractivity contribution >= 4 is 45.4 Å². The number of carbonyl (C=O) groups is 1. The fourth-order valence-corrected chi connectivity index (χ4v) is 3.76. The summed E-state index contributed by atoms with van der Waals surface area (Å²) >= 11 is 13.5. The molecule has 3 aromatic rings. The van der Waals surface area contributed by atoms with Crippen LogP contribution in [0.25, 0.3) is 4.96 Å². The van der Waals surface area contributed by atoms with Gasteiger partial charge in [-0.05, 0) is 37.6 Å². The molecule has 2 aromatic heterocycles. The second-order valence-electron chi connectivity index (χ2n) is 5.00. The van der Waals surface area contributed by atoms with E-state index in [0.717, 1.165) is 15.4 Å². The van der Waals surface area contributed by atoms with Gasteiger partial charge >= 0.3 is 0 Å². The Morgan fingerprint density at radius 2 is 1.95 bits per heavy atom. The van der Waals surface area contributed by atoms with E-state index in [1.165, 1.54) is 0 Å². The van der Waals surface area contributed by atoms with Crippen LogP contribution in [0.15, 0.2) is 24.4 Å². The molecule has 1 aromatic carbocycles. The molecule has 0 radical (unpaired) electrons. The van der Waals surface area contributed by atoms with Crippen LogP contribution in [-0.2, 0) is 6.54 Å². The smallest absolute Gasteiger partial charge is 0.270 e. The molecule has 0 aliphatic heterocycles. The molecule has 2 heterocycles. The Balaban J connectivity index is 1.82. The van der Waals surface area contributed by atoms with E-state index in [1.54, 1.807) is 29.5 Å². The van der Waals surface area contributed by atoms with Crippen LogP contribution in [0.4, 0.5) is 0 Å². The summed E-state index contributed by atoms with van der Waals surface area (Å²) in [5, 5.41) is 3.98. The highest BCUT2D eigenvalue weighted by Gasteiger charge is 2.17. The molecule has 0 saturated carbocycles. The Morgan fingerprint density at radius 3 is 2.64 bits per heavy atom. The topological polar surface area (TPSA) is 46.4 Å². The zero-order valence-corrected chi connectivity index (χ0v) is 14.3. The Hall–Kier alpha value is -1.56. The second kappa shape index (κ2) is 5.91. The highest BCUT2D eigenvalue weighted by molar-refractivity contribution is 7.17. The van der Waals surface area contributed by atoms with Gasteiger partial charge in [0, 0.05) is 27.7 Å². The standard InChI is InChI=1S/C15H13Cl2N3OS/c1-8-7-20-13(9(2)19-15(20)22-8)14(21)18-6-10-3-11(16)5-12(17)4-10/h3-5,7H,6H2,1-2H3,(H,18,21). The largest absolute Gasteiger partial charge is 0.347 e. The van der Waals surface area contributed by atoms with E-state index >= 15 is 0 Å². The van der Waals surface area contributed by atoms with Crippen molar-refractivity contribution in [2.75, 3.05) is 0 Å². The van der Waals surface area contributed by atoms with Gasteiger partial charge in [-0.1, -0.05) is 23.2 Å². The van der Waals surface area contributed by atoms with E-state index in [4.69, 9.17) is 23.2 Å². The lowest BCUT2D eigenvalue weighted by Crippen LogP contribution is -2.24. The zero-order valence-electron chi connectivity index (χ0n) is 12.0. The molecule has 0 aliphatic carbocycles. The summed E-state index contributed by atoms with van der Waals surface area (Å²) in [6, 6.07) is 5.22. The molecule has 0 fully saturated rings. The summed E-state index contributed by atoms with van der Waals surface area (Å²) in [7, 11) is 0. The van der Waals surface area contributed by atoms with Crippen molar-refractivity contribution in [1.82, 2.24) is 14.7 Å². The lowest BCUT2D eigenvalue weighted by molar-refractivity contribution is 0.0944. The second-order valence-corrected chi connectivity index (χ2v) is 7.09. The Labute approximate surface area is 141 Å². The number of aromatic nitrogens is 2. The molecule has 0 atom stereocenters. The molecule has 0 bridgehead atoms. The SMILES string of the molecule is Cc1cn2c(C(=O)NCc3cc(Cl)cc(Cl)c3)c(C)nc2s1. The van der Waals surface area contributed by atoms with Crippen molar-refractivity contribution in [2.24, 2.45) is 0 Å². The molecule has 4 nitrogen and oxygen atoms in total.